The molecule has 0 aliphatic rings. The summed E-state index contributed by atoms with van der Waals surface area (Å²) in [4.78, 5) is 18.7. The van der Waals surface area contributed by atoms with Crippen molar-refractivity contribution in [2.24, 2.45) is 0 Å². The first-order valence-electron chi connectivity index (χ1n) is 6.67. The number of rotatable bonds is 9. The fourth-order valence-corrected chi connectivity index (χ4v) is 1.69. The molecule has 1 aromatic heterocycles. The number of anilines is 2. The van der Waals surface area contributed by atoms with E-state index in [1.165, 1.54) is 7.11 Å². The minimum atomic E-state index is -0.781. The van der Waals surface area contributed by atoms with Crippen molar-refractivity contribution in [3.63, 3.8) is 0 Å². The number of aromatic nitrogens is 2. The van der Waals surface area contributed by atoms with Crippen LogP contribution in [0.15, 0.2) is 0 Å². The van der Waals surface area contributed by atoms with Crippen molar-refractivity contribution >= 4 is 17.5 Å². The second-order valence-corrected chi connectivity index (χ2v) is 4.50. The molecule has 21 heavy (non-hydrogen) atoms. The summed E-state index contributed by atoms with van der Waals surface area (Å²) in [7, 11) is 1.47. The number of nitro groups is 1. The molecule has 0 spiro atoms. The molecule has 0 aromatic carbocycles. The Bertz CT molecular complexity index is 483. The molecule has 1 aromatic rings. The van der Waals surface area contributed by atoms with Gasteiger partial charge in [0.05, 0.1) is 17.6 Å². The van der Waals surface area contributed by atoms with Gasteiger partial charge in [0.15, 0.2) is 0 Å². The van der Waals surface area contributed by atoms with Gasteiger partial charge in [0.2, 0.25) is 11.8 Å². The Hall–Kier alpha value is -2.00. The highest BCUT2D eigenvalue weighted by Crippen LogP contribution is 2.26. The molecule has 0 amide bonds. The highest BCUT2D eigenvalue weighted by Gasteiger charge is 2.22. The molecule has 118 valence electrons. The molecule has 3 N–H and O–H groups in total. The Morgan fingerprint density at radius 1 is 1.43 bits per heavy atom. The van der Waals surface area contributed by atoms with Crippen molar-refractivity contribution in [2.45, 2.75) is 26.4 Å². The van der Waals surface area contributed by atoms with Crippen molar-refractivity contribution in [1.29, 1.82) is 0 Å². The fourth-order valence-electron chi connectivity index (χ4n) is 1.69. The smallest absolute Gasteiger partial charge is 0.332 e. The summed E-state index contributed by atoms with van der Waals surface area (Å²) in [5.41, 5.74) is 0.0685. The Morgan fingerprint density at radius 2 is 2.14 bits per heavy atom. The van der Waals surface area contributed by atoms with E-state index in [0.29, 0.717) is 12.5 Å². The summed E-state index contributed by atoms with van der Waals surface area (Å²) in [6.45, 7) is 4.44. The predicted octanol–water partition coefficient (Wildman–Crippen LogP) is 0.934. The summed E-state index contributed by atoms with van der Waals surface area (Å²) < 4.78 is 4.80. The van der Waals surface area contributed by atoms with Gasteiger partial charge in [-0.1, -0.05) is 6.92 Å². The first kappa shape index (κ1) is 17.1. The number of aliphatic hydroxyl groups is 1. The Morgan fingerprint density at radius 3 is 2.71 bits per heavy atom. The second-order valence-electron chi connectivity index (χ2n) is 4.50. The Balaban J connectivity index is 2.95. The zero-order chi connectivity index (χ0) is 15.8. The van der Waals surface area contributed by atoms with Gasteiger partial charge in [0.1, 0.15) is 5.69 Å². The quantitative estimate of drug-likeness (QED) is 0.454. The largest absolute Gasteiger partial charge is 0.389 e. The Kier molecular flexibility index (Phi) is 6.76. The molecule has 1 atom stereocenters. The lowest BCUT2D eigenvalue weighted by Crippen LogP contribution is -2.25. The Labute approximate surface area is 122 Å². The summed E-state index contributed by atoms with van der Waals surface area (Å²) in [6.07, 6.45) is 0.103. The van der Waals surface area contributed by atoms with E-state index in [-0.39, 0.29) is 30.4 Å². The van der Waals surface area contributed by atoms with Gasteiger partial charge in [-0.2, -0.15) is 4.98 Å². The summed E-state index contributed by atoms with van der Waals surface area (Å²) in [5.74, 6) is 0.407. The second kappa shape index (κ2) is 8.32. The maximum Gasteiger partial charge on any atom is 0.332 e. The number of aryl methyl sites for hydroxylation is 1. The predicted molar refractivity (Wildman–Crippen MR) is 78.6 cm³/mol. The monoisotopic (exact) mass is 299 g/mol. The summed E-state index contributed by atoms with van der Waals surface area (Å²) >= 11 is 0. The minimum Gasteiger partial charge on any atom is -0.389 e. The van der Waals surface area contributed by atoms with E-state index in [1.807, 2.05) is 6.92 Å². The molecular formula is C12H21N5O4. The maximum absolute atomic E-state index is 11.1. The van der Waals surface area contributed by atoms with Gasteiger partial charge in [0.25, 0.3) is 0 Å². The zero-order valence-corrected chi connectivity index (χ0v) is 12.4. The molecule has 0 aliphatic carbocycles. The lowest BCUT2D eigenvalue weighted by Gasteiger charge is -2.13. The third-order valence-electron chi connectivity index (χ3n) is 2.64. The van der Waals surface area contributed by atoms with E-state index in [2.05, 4.69) is 20.6 Å². The molecule has 0 saturated carbocycles. The van der Waals surface area contributed by atoms with E-state index in [9.17, 15) is 15.2 Å². The molecule has 0 radical (unpaired) electrons. The van der Waals surface area contributed by atoms with Crippen molar-refractivity contribution in [2.75, 3.05) is 37.4 Å². The lowest BCUT2D eigenvalue weighted by atomic mass is 10.3. The van der Waals surface area contributed by atoms with Crippen LogP contribution < -0.4 is 10.6 Å². The standard InChI is InChI=1S/C12H21N5O4/c1-4-5-13-12-15-8(2)10(17(19)20)11(16-12)14-6-9(18)7-21-3/h9,18H,4-7H2,1-3H3,(H2,13,14,15,16). The van der Waals surface area contributed by atoms with Crippen LogP contribution in [0.25, 0.3) is 0 Å². The SMILES string of the molecule is CCCNc1nc(C)c([N+](=O)[O-])c(NCC(O)COC)n1. The van der Waals surface area contributed by atoms with Crippen LogP contribution in [0.5, 0.6) is 0 Å². The van der Waals surface area contributed by atoms with Crippen LogP contribution in [0.1, 0.15) is 19.0 Å². The molecule has 1 rings (SSSR count). The number of nitrogens with one attached hydrogen (secondary N) is 2. The lowest BCUT2D eigenvalue weighted by molar-refractivity contribution is -0.385. The van der Waals surface area contributed by atoms with Crippen LogP contribution >= 0.6 is 0 Å². The minimum absolute atomic E-state index is 0.0845. The van der Waals surface area contributed by atoms with Crippen LogP contribution in [0.4, 0.5) is 17.5 Å². The van der Waals surface area contributed by atoms with Crippen LogP contribution in [0.2, 0.25) is 0 Å². The van der Waals surface area contributed by atoms with Gasteiger partial charge in [-0.3, -0.25) is 10.1 Å². The van der Waals surface area contributed by atoms with E-state index in [4.69, 9.17) is 4.74 Å². The van der Waals surface area contributed by atoms with E-state index < -0.39 is 11.0 Å². The van der Waals surface area contributed by atoms with Crippen LogP contribution in [-0.2, 0) is 4.74 Å². The van der Waals surface area contributed by atoms with E-state index in [0.717, 1.165) is 6.42 Å². The van der Waals surface area contributed by atoms with Crippen LogP contribution in [0.3, 0.4) is 0 Å². The molecule has 0 fully saturated rings. The van der Waals surface area contributed by atoms with Crippen molar-refractivity contribution in [3.05, 3.63) is 15.8 Å². The van der Waals surface area contributed by atoms with Gasteiger partial charge in [-0.25, -0.2) is 4.98 Å². The van der Waals surface area contributed by atoms with Crippen LogP contribution in [0, 0.1) is 17.0 Å². The van der Waals surface area contributed by atoms with Crippen LogP contribution in [-0.4, -0.2) is 52.9 Å². The topological polar surface area (TPSA) is 122 Å². The van der Waals surface area contributed by atoms with Gasteiger partial charge in [0, 0.05) is 20.2 Å². The first-order valence-corrected chi connectivity index (χ1v) is 6.67. The van der Waals surface area contributed by atoms with E-state index >= 15 is 0 Å². The number of ether oxygens (including phenoxy) is 1. The average Bonchev–Trinajstić information content (AvgIpc) is 2.42. The number of nitrogens with zero attached hydrogens (tertiary/aromatic N) is 3. The number of aliphatic hydroxyl groups excluding tert-OH is 1. The van der Waals surface area contributed by atoms with Crippen molar-refractivity contribution in [3.8, 4) is 0 Å². The maximum atomic E-state index is 11.1. The summed E-state index contributed by atoms with van der Waals surface area (Å²) in [6, 6.07) is 0. The zero-order valence-electron chi connectivity index (χ0n) is 12.4. The average molecular weight is 299 g/mol. The number of hydrogen-bond acceptors (Lipinski definition) is 8. The van der Waals surface area contributed by atoms with Crippen molar-refractivity contribution in [1.82, 2.24) is 9.97 Å². The molecule has 1 heterocycles. The highest BCUT2D eigenvalue weighted by atomic mass is 16.6. The molecule has 0 aliphatic heterocycles. The van der Waals surface area contributed by atoms with Gasteiger partial charge in [-0.15, -0.1) is 0 Å². The molecule has 0 saturated heterocycles. The highest BCUT2D eigenvalue weighted by molar-refractivity contribution is 5.60. The van der Waals surface area contributed by atoms with Gasteiger partial charge >= 0.3 is 5.69 Å². The fraction of sp³-hybridized carbons (Fsp3) is 0.667. The number of hydrogen-bond donors (Lipinski definition) is 3. The van der Waals surface area contributed by atoms with Gasteiger partial charge in [-0.05, 0) is 13.3 Å². The molecule has 0 bridgehead atoms. The molecule has 9 nitrogen and oxygen atoms in total. The normalized spacial score (nSPS) is 12.0. The van der Waals surface area contributed by atoms with E-state index in [1.54, 1.807) is 6.92 Å². The summed E-state index contributed by atoms with van der Waals surface area (Å²) in [5, 5.41) is 26.5. The number of methoxy groups -OCH3 is 1. The third-order valence-corrected chi connectivity index (χ3v) is 2.64. The first-order chi connectivity index (χ1) is 9.99. The molecule has 1 unspecified atom stereocenters. The molecular weight excluding hydrogens is 278 g/mol. The van der Waals surface area contributed by atoms with Crippen molar-refractivity contribution < 1.29 is 14.8 Å². The third kappa shape index (κ3) is 5.12. The molecule has 9 heteroatoms. The van der Waals surface area contributed by atoms with Gasteiger partial charge < -0.3 is 20.5 Å².